The lowest BCUT2D eigenvalue weighted by atomic mass is 9.91. The molecule has 1 amide bonds. The number of nitrogens with two attached hydrogens (primary N) is 1. The second-order valence-electron chi connectivity index (χ2n) is 3.32. The summed E-state index contributed by atoms with van der Waals surface area (Å²) in [6.45, 7) is 1.73. The third-order valence-electron chi connectivity index (χ3n) is 2.36. The van der Waals surface area contributed by atoms with Crippen molar-refractivity contribution < 1.29 is 4.79 Å². The van der Waals surface area contributed by atoms with E-state index < -0.39 is 0 Å². The quantitative estimate of drug-likeness (QED) is 0.627. The fourth-order valence-corrected chi connectivity index (χ4v) is 1.28. The molecule has 1 aliphatic rings. The van der Waals surface area contributed by atoms with Gasteiger partial charge in [-0.1, -0.05) is 0 Å². The van der Waals surface area contributed by atoms with Gasteiger partial charge in [-0.25, -0.2) is 0 Å². The molecule has 0 aromatic carbocycles. The molecule has 2 N–H and O–H groups in total. The molecule has 3 heteroatoms. The Labute approximate surface area is 67.5 Å². The van der Waals surface area contributed by atoms with Gasteiger partial charge < -0.3 is 10.6 Å². The molecule has 1 rings (SSSR count). The van der Waals surface area contributed by atoms with Crippen LogP contribution in [-0.4, -0.2) is 29.9 Å². The van der Waals surface area contributed by atoms with Crippen LogP contribution in [0.15, 0.2) is 0 Å². The number of rotatable bonds is 2. The average molecular weight is 156 g/mol. The number of likely N-dealkylation sites (N-methyl/N-ethyl adjacent to an activating group) is 1. The topological polar surface area (TPSA) is 46.3 Å². The van der Waals surface area contributed by atoms with Crippen LogP contribution in [0, 0.1) is 0 Å². The number of hydrogen-bond acceptors (Lipinski definition) is 2. The van der Waals surface area contributed by atoms with Crippen LogP contribution in [-0.2, 0) is 4.79 Å². The molecular formula is C8H16N2O. The predicted octanol–water partition coefficient (Wildman–Crippen LogP) is 0.345. The molecule has 0 aromatic rings. The van der Waals surface area contributed by atoms with Gasteiger partial charge in [-0.15, -0.1) is 0 Å². The molecule has 3 nitrogen and oxygen atoms in total. The lowest BCUT2D eigenvalue weighted by molar-refractivity contribution is -0.134. The van der Waals surface area contributed by atoms with E-state index in [1.54, 1.807) is 11.8 Å². The minimum absolute atomic E-state index is 0.0645. The molecule has 64 valence electrons. The Kier molecular flexibility index (Phi) is 2.49. The maximum absolute atomic E-state index is 11.3. The standard InChI is InChI=1S/C8H16N2O/c1-6(9)8(11)10(2)7-4-3-5-7/h6-7H,3-5,9H2,1-2H3/t6-/m1/s1. The van der Waals surface area contributed by atoms with Crippen molar-refractivity contribution >= 4 is 5.91 Å². The molecule has 1 atom stereocenters. The van der Waals surface area contributed by atoms with Crippen LogP contribution in [0.3, 0.4) is 0 Å². The summed E-state index contributed by atoms with van der Waals surface area (Å²) in [5.41, 5.74) is 5.46. The normalized spacial score (nSPS) is 20.6. The highest BCUT2D eigenvalue weighted by atomic mass is 16.2. The van der Waals surface area contributed by atoms with Gasteiger partial charge in [-0.2, -0.15) is 0 Å². The van der Waals surface area contributed by atoms with Crippen LogP contribution < -0.4 is 5.73 Å². The number of carbonyl (C=O) groups is 1. The molecule has 0 bridgehead atoms. The summed E-state index contributed by atoms with van der Waals surface area (Å²) in [7, 11) is 1.84. The van der Waals surface area contributed by atoms with E-state index in [4.69, 9.17) is 5.73 Å². The van der Waals surface area contributed by atoms with E-state index >= 15 is 0 Å². The number of nitrogens with zero attached hydrogens (tertiary/aromatic N) is 1. The minimum atomic E-state index is -0.347. The van der Waals surface area contributed by atoms with Gasteiger partial charge in [-0.05, 0) is 26.2 Å². The molecule has 11 heavy (non-hydrogen) atoms. The van der Waals surface area contributed by atoms with Crippen molar-refractivity contribution in [1.82, 2.24) is 4.90 Å². The monoisotopic (exact) mass is 156 g/mol. The third kappa shape index (κ3) is 1.71. The zero-order valence-electron chi connectivity index (χ0n) is 7.21. The van der Waals surface area contributed by atoms with Crippen molar-refractivity contribution in [2.24, 2.45) is 5.73 Å². The van der Waals surface area contributed by atoms with Crippen molar-refractivity contribution in [2.45, 2.75) is 38.3 Å². The lowest BCUT2D eigenvalue weighted by Gasteiger charge is -2.35. The fourth-order valence-electron chi connectivity index (χ4n) is 1.28. The van der Waals surface area contributed by atoms with E-state index in [2.05, 4.69) is 0 Å². The average Bonchev–Trinajstić information content (AvgIpc) is 1.82. The smallest absolute Gasteiger partial charge is 0.239 e. The highest BCUT2D eigenvalue weighted by Gasteiger charge is 2.26. The molecule has 0 heterocycles. The largest absolute Gasteiger partial charge is 0.341 e. The highest BCUT2D eigenvalue weighted by molar-refractivity contribution is 5.81. The fraction of sp³-hybridized carbons (Fsp3) is 0.875. The lowest BCUT2D eigenvalue weighted by Crippen LogP contribution is -2.47. The van der Waals surface area contributed by atoms with Gasteiger partial charge in [0.1, 0.15) is 0 Å². The van der Waals surface area contributed by atoms with Crippen molar-refractivity contribution in [1.29, 1.82) is 0 Å². The molecule has 0 aromatic heterocycles. The third-order valence-corrected chi connectivity index (χ3v) is 2.36. The van der Waals surface area contributed by atoms with Crippen LogP contribution in [0.5, 0.6) is 0 Å². The van der Waals surface area contributed by atoms with Gasteiger partial charge in [-0.3, -0.25) is 4.79 Å². The van der Waals surface area contributed by atoms with Crippen molar-refractivity contribution in [2.75, 3.05) is 7.05 Å². The van der Waals surface area contributed by atoms with Gasteiger partial charge in [0.05, 0.1) is 6.04 Å². The first kappa shape index (κ1) is 8.53. The Balaban J connectivity index is 2.39. The van der Waals surface area contributed by atoms with Crippen molar-refractivity contribution in [3.05, 3.63) is 0 Å². The van der Waals surface area contributed by atoms with Gasteiger partial charge in [0, 0.05) is 13.1 Å². The number of hydrogen-bond donors (Lipinski definition) is 1. The zero-order valence-corrected chi connectivity index (χ0v) is 7.21. The molecule has 1 aliphatic carbocycles. The number of carbonyl (C=O) groups excluding carboxylic acids is 1. The van der Waals surface area contributed by atoms with Gasteiger partial charge in [0.15, 0.2) is 0 Å². The first-order chi connectivity index (χ1) is 5.13. The Bertz CT molecular complexity index is 152. The van der Waals surface area contributed by atoms with Gasteiger partial charge >= 0.3 is 0 Å². The molecule has 0 spiro atoms. The first-order valence-corrected chi connectivity index (χ1v) is 4.15. The Morgan fingerprint density at radius 2 is 2.18 bits per heavy atom. The highest BCUT2D eigenvalue weighted by Crippen LogP contribution is 2.23. The molecule has 0 saturated heterocycles. The summed E-state index contributed by atoms with van der Waals surface area (Å²) in [5, 5.41) is 0. The second-order valence-corrected chi connectivity index (χ2v) is 3.32. The van der Waals surface area contributed by atoms with E-state index in [9.17, 15) is 4.79 Å². The van der Waals surface area contributed by atoms with Crippen LogP contribution in [0.1, 0.15) is 26.2 Å². The predicted molar refractivity (Wildman–Crippen MR) is 44.1 cm³/mol. The summed E-state index contributed by atoms with van der Waals surface area (Å²) in [6.07, 6.45) is 3.55. The van der Waals surface area contributed by atoms with Crippen LogP contribution in [0.2, 0.25) is 0 Å². The molecule has 0 unspecified atom stereocenters. The van der Waals surface area contributed by atoms with Crippen LogP contribution in [0.4, 0.5) is 0 Å². The second kappa shape index (κ2) is 3.22. The van der Waals surface area contributed by atoms with E-state index in [-0.39, 0.29) is 11.9 Å². The van der Waals surface area contributed by atoms with Crippen molar-refractivity contribution in [3.8, 4) is 0 Å². The van der Waals surface area contributed by atoms with Crippen LogP contribution in [0.25, 0.3) is 0 Å². The molecule has 0 radical (unpaired) electrons. The molecular weight excluding hydrogens is 140 g/mol. The summed E-state index contributed by atoms with van der Waals surface area (Å²) in [4.78, 5) is 13.1. The Hall–Kier alpha value is -0.570. The van der Waals surface area contributed by atoms with Crippen molar-refractivity contribution in [3.63, 3.8) is 0 Å². The van der Waals surface area contributed by atoms with Gasteiger partial charge in [0.2, 0.25) is 5.91 Å². The maximum atomic E-state index is 11.3. The SMILES string of the molecule is C[C@@H](N)C(=O)N(C)C1CCC1. The van der Waals surface area contributed by atoms with Gasteiger partial charge in [0.25, 0.3) is 0 Å². The summed E-state index contributed by atoms with van der Waals surface area (Å²) in [6, 6.07) is 0.120. The Morgan fingerprint density at radius 3 is 2.45 bits per heavy atom. The summed E-state index contributed by atoms with van der Waals surface area (Å²) in [5.74, 6) is 0.0645. The maximum Gasteiger partial charge on any atom is 0.239 e. The molecule has 0 aliphatic heterocycles. The summed E-state index contributed by atoms with van der Waals surface area (Å²) >= 11 is 0. The minimum Gasteiger partial charge on any atom is -0.341 e. The Morgan fingerprint density at radius 1 is 1.64 bits per heavy atom. The summed E-state index contributed by atoms with van der Waals surface area (Å²) < 4.78 is 0. The van der Waals surface area contributed by atoms with Crippen LogP contribution >= 0.6 is 0 Å². The van der Waals surface area contributed by atoms with E-state index in [1.807, 2.05) is 7.05 Å². The molecule has 1 saturated carbocycles. The van der Waals surface area contributed by atoms with E-state index in [1.165, 1.54) is 6.42 Å². The van der Waals surface area contributed by atoms with E-state index in [0.29, 0.717) is 6.04 Å². The molecule has 1 fully saturated rings. The zero-order chi connectivity index (χ0) is 8.43. The first-order valence-electron chi connectivity index (χ1n) is 4.15. The number of amides is 1. The van der Waals surface area contributed by atoms with E-state index in [0.717, 1.165) is 12.8 Å².